The lowest BCUT2D eigenvalue weighted by atomic mass is 10.1. The highest BCUT2D eigenvalue weighted by Crippen LogP contribution is 2.38. The molecule has 3 heterocycles. The molecule has 34 heavy (non-hydrogen) atoms. The first-order chi connectivity index (χ1) is 16.4. The molecule has 1 amide bonds. The van der Waals surface area contributed by atoms with E-state index in [0.717, 1.165) is 30.4 Å². The largest absolute Gasteiger partial charge is 0.369 e. The molecule has 0 bridgehead atoms. The Hall–Kier alpha value is -2.97. The molecular formula is C26H28N4O2S2. The standard InChI is InChI=1S/C26H28N4O2S2/c1-4-5-9-14-27-22-20(24(31)29-15-10-11-17(2)23(29)28-22)16-21-25(32)30(26(33)34-21)18(3)19-12-7-6-8-13-19/h6-8,10-13,15-16,18,27H,4-5,9,14H2,1-3H3/b21-16+. The molecule has 8 heteroatoms. The van der Waals surface area contributed by atoms with Gasteiger partial charge in [-0.3, -0.25) is 18.9 Å². The summed E-state index contributed by atoms with van der Waals surface area (Å²) in [5, 5.41) is 3.33. The number of carbonyl (C=O) groups is 1. The number of amides is 1. The molecule has 1 fully saturated rings. The van der Waals surface area contributed by atoms with E-state index in [-0.39, 0.29) is 17.5 Å². The predicted octanol–water partition coefficient (Wildman–Crippen LogP) is 5.57. The van der Waals surface area contributed by atoms with Crippen LogP contribution in [0.25, 0.3) is 11.7 Å². The van der Waals surface area contributed by atoms with Crippen LogP contribution in [0.5, 0.6) is 0 Å². The maximum Gasteiger partial charge on any atom is 0.267 e. The van der Waals surface area contributed by atoms with Crippen LogP contribution in [0, 0.1) is 6.92 Å². The quantitative estimate of drug-likeness (QED) is 0.252. The second-order valence-corrected chi connectivity index (χ2v) is 10.0. The first kappa shape index (κ1) is 24.2. The molecular weight excluding hydrogens is 464 g/mol. The second-order valence-electron chi connectivity index (χ2n) is 8.34. The molecule has 1 N–H and O–H groups in total. The summed E-state index contributed by atoms with van der Waals surface area (Å²) in [6, 6.07) is 13.3. The van der Waals surface area contributed by atoms with E-state index in [0.29, 0.717) is 32.8 Å². The fourth-order valence-corrected chi connectivity index (χ4v) is 5.38. The molecule has 1 unspecified atom stereocenters. The summed E-state index contributed by atoms with van der Waals surface area (Å²) in [5.41, 5.74) is 2.67. The highest BCUT2D eigenvalue weighted by Gasteiger charge is 2.36. The van der Waals surface area contributed by atoms with Gasteiger partial charge in [0.1, 0.15) is 15.8 Å². The zero-order chi connectivity index (χ0) is 24.2. The number of unbranched alkanes of at least 4 members (excludes halogenated alkanes) is 2. The number of pyridine rings is 1. The number of aromatic nitrogens is 2. The number of carbonyl (C=O) groups excluding carboxylic acids is 1. The molecule has 6 nitrogen and oxygen atoms in total. The van der Waals surface area contributed by atoms with Crippen molar-refractivity contribution in [2.24, 2.45) is 0 Å². The Kier molecular flexibility index (Phi) is 7.48. The van der Waals surface area contributed by atoms with Crippen molar-refractivity contribution in [1.82, 2.24) is 14.3 Å². The number of hydrogen-bond acceptors (Lipinski definition) is 6. The minimum absolute atomic E-state index is 0.197. The zero-order valence-corrected chi connectivity index (χ0v) is 21.2. The third-order valence-corrected chi connectivity index (χ3v) is 7.26. The second kappa shape index (κ2) is 10.5. The molecule has 1 aromatic carbocycles. The number of anilines is 1. The summed E-state index contributed by atoms with van der Waals surface area (Å²) in [7, 11) is 0. The van der Waals surface area contributed by atoms with Gasteiger partial charge in [0, 0.05) is 12.7 Å². The maximum atomic E-state index is 13.5. The van der Waals surface area contributed by atoms with Gasteiger partial charge in [0.2, 0.25) is 0 Å². The Bertz CT molecular complexity index is 1320. The van der Waals surface area contributed by atoms with Crippen molar-refractivity contribution < 1.29 is 4.79 Å². The molecule has 0 radical (unpaired) electrons. The summed E-state index contributed by atoms with van der Waals surface area (Å²) in [6.07, 6.45) is 6.51. The molecule has 176 valence electrons. The zero-order valence-electron chi connectivity index (χ0n) is 19.6. The Balaban J connectivity index is 1.74. The molecule has 0 saturated carbocycles. The molecule has 0 aliphatic carbocycles. The van der Waals surface area contributed by atoms with Gasteiger partial charge in [-0.1, -0.05) is 80.1 Å². The molecule has 4 rings (SSSR count). The number of hydrogen-bond donors (Lipinski definition) is 1. The minimum Gasteiger partial charge on any atom is -0.369 e. The van der Waals surface area contributed by atoms with E-state index in [1.807, 2.05) is 56.3 Å². The van der Waals surface area contributed by atoms with Crippen molar-refractivity contribution in [2.45, 2.75) is 46.1 Å². The van der Waals surface area contributed by atoms with E-state index in [9.17, 15) is 9.59 Å². The summed E-state index contributed by atoms with van der Waals surface area (Å²) < 4.78 is 2.01. The topological polar surface area (TPSA) is 66.7 Å². The van der Waals surface area contributed by atoms with Crippen LogP contribution in [0.2, 0.25) is 0 Å². The van der Waals surface area contributed by atoms with Gasteiger partial charge in [-0.25, -0.2) is 4.98 Å². The normalized spacial score (nSPS) is 16.0. The third-order valence-electron chi connectivity index (χ3n) is 5.93. The van der Waals surface area contributed by atoms with Crippen LogP contribution in [0.4, 0.5) is 5.82 Å². The summed E-state index contributed by atoms with van der Waals surface area (Å²) in [4.78, 5) is 33.7. The number of rotatable bonds is 8. The number of thiocarbonyl (C=S) groups is 1. The van der Waals surface area contributed by atoms with Crippen molar-refractivity contribution in [2.75, 3.05) is 11.9 Å². The number of nitrogens with zero attached hydrogens (tertiary/aromatic N) is 3. The average Bonchev–Trinajstić information content (AvgIpc) is 3.12. The summed E-state index contributed by atoms with van der Waals surface area (Å²) in [5.74, 6) is 0.300. The molecule has 2 aromatic heterocycles. The van der Waals surface area contributed by atoms with E-state index >= 15 is 0 Å². The van der Waals surface area contributed by atoms with Gasteiger partial charge in [-0.2, -0.15) is 0 Å². The van der Waals surface area contributed by atoms with Crippen molar-refractivity contribution in [3.63, 3.8) is 0 Å². The van der Waals surface area contributed by atoms with Crippen molar-refractivity contribution in [1.29, 1.82) is 0 Å². The van der Waals surface area contributed by atoms with Crippen LogP contribution in [0.3, 0.4) is 0 Å². The van der Waals surface area contributed by atoms with Gasteiger partial charge >= 0.3 is 0 Å². The van der Waals surface area contributed by atoms with Crippen LogP contribution < -0.4 is 10.9 Å². The smallest absolute Gasteiger partial charge is 0.267 e. The number of benzene rings is 1. The van der Waals surface area contributed by atoms with Gasteiger partial charge in [-0.15, -0.1) is 0 Å². The SMILES string of the molecule is CCCCCNc1nc2c(C)cccn2c(=O)c1/C=C1/SC(=S)N(C(C)c2ccccc2)C1=O. The fourth-order valence-electron chi connectivity index (χ4n) is 3.98. The van der Waals surface area contributed by atoms with Crippen LogP contribution in [-0.4, -0.2) is 31.1 Å². The molecule has 3 aromatic rings. The fraction of sp³-hybridized carbons (Fsp3) is 0.308. The summed E-state index contributed by atoms with van der Waals surface area (Å²) >= 11 is 6.78. The van der Waals surface area contributed by atoms with Gasteiger partial charge in [0.15, 0.2) is 0 Å². The van der Waals surface area contributed by atoms with Crippen LogP contribution in [-0.2, 0) is 4.79 Å². The van der Waals surface area contributed by atoms with Crippen LogP contribution >= 0.6 is 24.0 Å². The molecule has 1 aliphatic heterocycles. The van der Waals surface area contributed by atoms with Gasteiger partial charge in [0.25, 0.3) is 11.5 Å². The van der Waals surface area contributed by atoms with Gasteiger partial charge in [0.05, 0.1) is 16.5 Å². The van der Waals surface area contributed by atoms with Crippen molar-refractivity contribution in [3.8, 4) is 0 Å². The van der Waals surface area contributed by atoms with E-state index in [2.05, 4.69) is 12.2 Å². The monoisotopic (exact) mass is 492 g/mol. The number of nitrogens with one attached hydrogen (secondary N) is 1. The lowest BCUT2D eigenvalue weighted by molar-refractivity contribution is -0.123. The van der Waals surface area contributed by atoms with E-state index in [4.69, 9.17) is 17.2 Å². The molecule has 1 atom stereocenters. The van der Waals surface area contributed by atoms with Crippen LogP contribution in [0.1, 0.15) is 55.8 Å². The van der Waals surface area contributed by atoms with Gasteiger partial charge < -0.3 is 5.32 Å². The Morgan fingerprint density at radius 1 is 1.15 bits per heavy atom. The highest BCUT2D eigenvalue weighted by molar-refractivity contribution is 8.26. The molecule has 1 saturated heterocycles. The van der Waals surface area contributed by atoms with Crippen molar-refractivity contribution in [3.05, 3.63) is 80.6 Å². The Morgan fingerprint density at radius 2 is 1.91 bits per heavy atom. The Morgan fingerprint density at radius 3 is 2.65 bits per heavy atom. The molecule has 0 spiro atoms. The Labute approximate surface area is 209 Å². The molecule has 1 aliphatic rings. The first-order valence-corrected chi connectivity index (χ1v) is 12.7. The lowest BCUT2D eigenvalue weighted by Gasteiger charge is -2.23. The highest BCUT2D eigenvalue weighted by atomic mass is 32.2. The van der Waals surface area contributed by atoms with Crippen LogP contribution in [0.15, 0.2) is 58.4 Å². The van der Waals surface area contributed by atoms with Gasteiger partial charge in [-0.05, 0) is 43.5 Å². The van der Waals surface area contributed by atoms with E-state index in [1.165, 1.54) is 16.2 Å². The number of fused-ring (bicyclic) bond motifs is 1. The average molecular weight is 493 g/mol. The van der Waals surface area contributed by atoms with E-state index < -0.39 is 0 Å². The summed E-state index contributed by atoms with van der Waals surface area (Å²) in [6.45, 7) is 6.74. The maximum absolute atomic E-state index is 13.5. The predicted molar refractivity (Wildman–Crippen MR) is 144 cm³/mol. The number of thioether (sulfide) groups is 1. The number of aryl methyl sites for hydroxylation is 1. The van der Waals surface area contributed by atoms with E-state index in [1.54, 1.807) is 17.2 Å². The third kappa shape index (κ3) is 4.79. The lowest BCUT2D eigenvalue weighted by Crippen LogP contribution is -2.31. The first-order valence-electron chi connectivity index (χ1n) is 11.5. The minimum atomic E-state index is -0.215. The van der Waals surface area contributed by atoms with Crippen molar-refractivity contribution >= 4 is 51.7 Å².